The zero-order valence-corrected chi connectivity index (χ0v) is 13.4. The molecular weight excluding hydrogens is 284 g/mol. The number of nitrogens with zero attached hydrogens (tertiary/aromatic N) is 2. The van der Waals surface area contributed by atoms with Gasteiger partial charge in [-0.1, -0.05) is 0 Å². The van der Waals surface area contributed by atoms with Crippen LogP contribution < -0.4 is 0 Å². The number of nitriles is 1. The van der Waals surface area contributed by atoms with Crippen molar-refractivity contribution in [3.05, 3.63) is 22.4 Å². The van der Waals surface area contributed by atoms with E-state index >= 15 is 0 Å². The second kappa shape index (κ2) is 5.84. The molecule has 0 bridgehead atoms. The van der Waals surface area contributed by atoms with Crippen molar-refractivity contribution in [1.29, 1.82) is 5.26 Å². The summed E-state index contributed by atoms with van der Waals surface area (Å²) in [4.78, 5) is 26.3. The van der Waals surface area contributed by atoms with Crippen molar-refractivity contribution in [1.82, 2.24) is 4.90 Å². The van der Waals surface area contributed by atoms with Crippen LogP contribution >= 0.6 is 0 Å². The summed E-state index contributed by atoms with van der Waals surface area (Å²) >= 11 is 0. The average Bonchev–Trinajstić information content (AvgIpc) is 2.90. The Labute approximate surface area is 130 Å². The highest BCUT2D eigenvalue weighted by molar-refractivity contribution is 6.16. The van der Waals surface area contributed by atoms with Gasteiger partial charge in [0.05, 0.1) is 5.57 Å². The van der Waals surface area contributed by atoms with Crippen LogP contribution in [0.4, 0.5) is 0 Å². The van der Waals surface area contributed by atoms with Crippen molar-refractivity contribution in [3.63, 3.8) is 0 Å². The SMILES string of the molecule is CC(=C1C(=O)OC(C)(C)OC1=O)/C(C#N)=C(\C)N1CCCC1. The number of likely N-dealkylation sites (tertiary alicyclic amines) is 1. The molecule has 2 aliphatic rings. The van der Waals surface area contributed by atoms with Crippen LogP contribution in [0.5, 0.6) is 0 Å². The monoisotopic (exact) mass is 304 g/mol. The predicted molar refractivity (Wildman–Crippen MR) is 78.1 cm³/mol. The first-order valence-corrected chi connectivity index (χ1v) is 7.30. The minimum absolute atomic E-state index is 0.200. The van der Waals surface area contributed by atoms with Gasteiger partial charge in [0, 0.05) is 32.6 Å². The van der Waals surface area contributed by atoms with Gasteiger partial charge < -0.3 is 14.4 Å². The minimum Gasteiger partial charge on any atom is -0.419 e. The van der Waals surface area contributed by atoms with Gasteiger partial charge in [0.1, 0.15) is 11.6 Å². The van der Waals surface area contributed by atoms with Crippen LogP contribution in [-0.2, 0) is 19.1 Å². The number of carbonyl (C=O) groups is 2. The van der Waals surface area contributed by atoms with Gasteiger partial charge in [-0.25, -0.2) is 9.59 Å². The summed E-state index contributed by atoms with van der Waals surface area (Å²) in [7, 11) is 0. The molecule has 0 N–H and O–H groups in total. The third-order valence-corrected chi connectivity index (χ3v) is 3.89. The summed E-state index contributed by atoms with van der Waals surface area (Å²) in [5.41, 5.74) is 1.20. The Morgan fingerprint density at radius 3 is 2.09 bits per heavy atom. The molecule has 0 aromatic rings. The Morgan fingerprint density at radius 2 is 1.64 bits per heavy atom. The van der Waals surface area contributed by atoms with E-state index in [1.807, 2.05) is 6.92 Å². The van der Waals surface area contributed by atoms with E-state index < -0.39 is 17.7 Å². The molecule has 2 rings (SSSR count). The van der Waals surface area contributed by atoms with E-state index in [9.17, 15) is 14.9 Å². The van der Waals surface area contributed by atoms with Crippen molar-refractivity contribution < 1.29 is 19.1 Å². The van der Waals surface area contributed by atoms with E-state index in [-0.39, 0.29) is 5.57 Å². The lowest BCUT2D eigenvalue weighted by atomic mass is 9.99. The summed E-state index contributed by atoms with van der Waals surface area (Å²) < 4.78 is 10.2. The normalized spacial score (nSPS) is 21.8. The smallest absolute Gasteiger partial charge is 0.349 e. The Kier molecular flexibility index (Phi) is 4.27. The molecule has 2 saturated heterocycles. The molecule has 2 aliphatic heterocycles. The molecule has 0 amide bonds. The maximum Gasteiger partial charge on any atom is 0.349 e. The molecule has 0 saturated carbocycles. The summed E-state index contributed by atoms with van der Waals surface area (Å²) in [6.45, 7) is 8.14. The third kappa shape index (κ3) is 2.98. The van der Waals surface area contributed by atoms with Gasteiger partial charge in [-0.05, 0) is 32.3 Å². The lowest BCUT2D eigenvalue weighted by molar-refractivity contribution is -0.222. The Balaban J connectivity index is 2.45. The van der Waals surface area contributed by atoms with Crippen LogP contribution in [0.2, 0.25) is 0 Å². The second-order valence-electron chi connectivity index (χ2n) is 5.95. The lowest BCUT2D eigenvalue weighted by Crippen LogP contribution is -2.42. The van der Waals surface area contributed by atoms with Gasteiger partial charge in [0.15, 0.2) is 0 Å². The van der Waals surface area contributed by atoms with Crippen LogP contribution in [0.15, 0.2) is 22.4 Å². The van der Waals surface area contributed by atoms with E-state index in [4.69, 9.17) is 9.47 Å². The molecule has 0 spiro atoms. The van der Waals surface area contributed by atoms with Gasteiger partial charge in [-0.3, -0.25) is 0 Å². The number of cyclic esters (lactones) is 2. The Morgan fingerprint density at radius 1 is 1.14 bits per heavy atom. The quantitative estimate of drug-likeness (QED) is 0.336. The second-order valence-corrected chi connectivity index (χ2v) is 5.95. The fraction of sp³-hybridized carbons (Fsp3) is 0.562. The number of hydrogen-bond donors (Lipinski definition) is 0. The van der Waals surface area contributed by atoms with Crippen LogP contribution in [-0.4, -0.2) is 35.7 Å². The number of carbonyl (C=O) groups excluding carboxylic acids is 2. The molecule has 2 heterocycles. The fourth-order valence-electron chi connectivity index (χ4n) is 2.73. The van der Waals surface area contributed by atoms with Gasteiger partial charge in [0.25, 0.3) is 5.79 Å². The first-order valence-electron chi connectivity index (χ1n) is 7.30. The highest BCUT2D eigenvalue weighted by Gasteiger charge is 2.40. The lowest BCUT2D eigenvalue weighted by Gasteiger charge is -2.30. The Hall–Kier alpha value is -2.29. The predicted octanol–water partition coefficient (Wildman–Crippen LogP) is 2.03. The minimum atomic E-state index is -1.28. The molecule has 6 heteroatoms. The van der Waals surface area contributed by atoms with Gasteiger partial charge >= 0.3 is 11.9 Å². The standard InChI is InChI=1S/C16H20N2O4/c1-10(12(9-17)11(2)18-7-5-6-8-18)13-14(19)21-16(3,4)22-15(13)20/h5-8H2,1-4H3/b12-11+. The number of allylic oxidation sites excluding steroid dienone is 3. The molecule has 0 atom stereocenters. The summed E-state index contributed by atoms with van der Waals surface area (Å²) in [6.07, 6.45) is 2.15. The highest BCUT2D eigenvalue weighted by atomic mass is 16.7. The van der Waals surface area contributed by atoms with Crippen LogP contribution in [0.1, 0.15) is 40.5 Å². The largest absolute Gasteiger partial charge is 0.419 e. The van der Waals surface area contributed by atoms with Gasteiger partial charge in [-0.2, -0.15) is 5.26 Å². The van der Waals surface area contributed by atoms with Crippen LogP contribution in [0.3, 0.4) is 0 Å². The average molecular weight is 304 g/mol. The van der Waals surface area contributed by atoms with Gasteiger partial charge in [0.2, 0.25) is 0 Å². The van der Waals surface area contributed by atoms with Crippen molar-refractivity contribution >= 4 is 11.9 Å². The summed E-state index contributed by atoms with van der Waals surface area (Å²) in [5.74, 6) is -2.78. The van der Waals surface area contributed by atoms with Crippen molar-refractivity contribution in [3.8, 4) is 6.07 Å². The fourth-order valence-corrected chi connectivity index (χ4v) is 2.73. The maximum atomic E-state index is 12.1. The number of hydrogen-bond acceptors (Lipinski definition) is 6. The first kappa shape index (κ1) is 16.1. The number of ether oxygens (including phenoxy) is 2. The van der Waals surface area contributed by atoms with Crippen molar-refractivity contribution in [2.24, 2.45) is 0 Å². The van der Waals surface area contributed by atoms with Crippen LogP contribution in [0, 0.1) is 11.3 Å². The van der Waals surface area contributed by atoms with E-state index in [1.165, 1.54) is 13.8 Å². The van der Waals surface area contributed by atoms with Crippen molar-refractivity contribution in [2.45, 2.75) is 46.3 Å². The van der Waals surface area contributed by atoms with Gasteiger partial charge in [-0.15, -0.1) is 0 Å². The summed E-state index contributed by atoms with van der Waals surface area (Å²) in [5, 5.41) is 9.46. The summed E-state index contributed by atoms with van der Waals surface area (Å²) in [6, 6.07) is 2.10. The van der Waals surface area contributed by atoms with Crippen molar-refractivity contribution in [2.75, 3.05) is 13.1 Å². The third-order valence-electron chi connectivity index (χ3n) is 3.89. The zero-order valence-electron chi connectivity index (χ0n) is 13.4. The van der Waals surface area contributed by atoms with E-state index in [1.54, 1.807) is 6.92 Å². The molecule has 0 radical (unpaired) electrons. The first-order chi connectivity index (χ1) is 10.3. The van der Waals surface area contributed by atoms with E-state index in [0.717, 1.165) is 31.6 Å². The molecule has 0 aromatic carbocycles. The molecule has 6 nitrogen and oxygen atoms in total. The molecular formula is C16H20N2O4. The molecule has 0 unspecified atom stereocenters. The number of rotatable bonds is 2. The van der Waals surface area contributed by atoms with E-state index in [2.05, 4.69) is 11.0 Å². The van der Waals surface area contributed by atoms with E-state index in [0.29, 0.717) is 11.1 Å². The number of esters is 2. The highest BCUT2D eigenvalue weighted by Crippen LogP contribution is 2.29. The topological polar surface area (TPSA) is 79.6 Å². The molecule has 0 aromatic heterocycles. The molecule has 0 aliphatic carbocycles. The molecule has 22 heavy (non-hydrogen) atoms. The Bertz CT molecular complexity index is 595. The molecule has 118 valence electrons. The zero-order chi connectivity index (χ0) is 16.5. The maximum absolute atomic E-state index is 12.1. The van der Waals surface area contributed by atoms with Crippen LogP contribution in [0.25, 0.3) is 0 Å². The molecule has 2 fully saturated rings.